The summed E-state index contributed by atoms with van der Waals surface area (Å²) in [6.45, 7) is 4.00. The fourth-order valence-electron chi connectivity index (χ4n) is 1.63. The Bertz CT molecular complexity index is 365. The molecular weight excluding hydrogens is 192 g/mol. The van der Waals surface area contributed by atoms with Gasteiger partial charge < -0.3 is 10.1 Å². The molecule has 0 saturated carbocycles. The van der Waals surface area contributed by atoms with Crippen molar-refractivity contribution in [1.82, 2.24) is 5.32 Å². The van der Waals surface area contributed by atoms with Crippen molar-refractivity contribution in [2.24, 2.45) is 0 Å². The maximum absolute atomic E-state index is 11.4. The number of hydrogen-bond donors (Lipinski definition) is 1. The molecule has 0 aromatic heterocycles. The van der Waals surface area contributed by atoms with Gasteiger partial charge in [-0.3, -0.25) is 4.90 Å². The predicted molar refractivity (Wildman–Crippen MR) is 58.4 cm³/mol. The lowest BCUT2D eigenvalue weighted by Crippen LogP contribution is -2.27. The van der Waals surface area contributed by atoms with Gasteiger partial charge in [0.15, 0.2) is 0 Å². The summed E-state index contributed by atoms with van der Waals surface area (Å²) in [5.41, 5.74) is 0.885. The summed E-state index contributed by atoms with van der Waals surface area (Å²) in [6.07, 6.45) is 0. The molecule has 2 rings (SSSR count). The number of ether oxygens (including phenoxy) is 1. The maximum atomic E-state index is 11.4. The Balaban J connectivity index is 2.20. The zero-order valence-corrected chi connectivity index (χ0v) is 8.69. The van der Waals surface area contributed by atoms with Crippen molar-refractivity contribution in [1.29, 1.82) is 0 Å². The summed E-state index contributed by atoms with van der Waals surface area (Å²) in [5.74, 6) is 0.801. The molecule has 0 unspecified atom stereocenters. The number of carbonyl (C=O) groups excluding carboxylic acids is 1. The summed E-state index contributed by atoms with van der Waals surface area (Å²) in [5, 5.41) is 2.77. The first kappa shape index (κ1) is 9.83. The molecule has 1 aliphatic rings. The largest absolute Gasteiger partial charge is 0.494 e. The number of urea groups is 1. The molecule has 0 aliphatic carbocycles. The first-order valence-corrected chi connectivity index (χ1v) is 5.09. The van der Waals surface area contributed by atoms with Gasteiger partial charge in [-0.2, -0.15) is 0 Å². The highest BCUT2D eigenvalue weighted by molar-refractivity contribution is 5.94. The van der Waals surface area contributed by atoms with Crippen LogP contribution < -0.4 is 15.0 Å². The Kier molecular flexibility index (Phi) is 2.76. The highest BCUT2D eigenvalue weighted by Gasteiger charge is 2.20. The third-order valence-corrected chi connectivity index (χ3v) is 2.30. The normalized spacial score (nSPS) is 15.3. The van der Waals surface area contributed by atoms with Crippen LogP contribution in [0, 0.1) is 0 Å². The molecule has 1 aromatic carbocycles. The summed E-state index contributed by atoms with van der Waals surface area (Å²) in [4.78, 5) is 13.1. The first-order valence-electron chi connectivity index (χ1n) is 5.09. The van der Waals surface area contributed by atoms with E-state index >= 15 is 0 Å². The van der Waals surface area contributed by atoms with Gasteiger partial charge >= 0.3 is 6.03 Å². The number of nitrogens with zero attached hydrogens (tertiary/aromatic N) is 1. The van der Waals surface area contributed by atoms with Crippen LogP contribution in [0.1, 0.15) is 6.92 Å². The van der Waals surface area contributed by atoms with Crippen LogP contribution in [0.2, 0.25) is 0 Å². The Morgan fingerprint density at radius 1 is 1.53 bits per heavy atom. The minimum atomic E-state index is -0.0383. The van der Waals surface area contributed by atoms with Crippen molar-refractivity contribution < 1.29 is 9.53 Å². The Morgan fingerprint density at radius 3 is 3.07 bits per heavy atom. The molecule has 1 aliphatic heterocycles. The van der Waals surface area contributed by atoms with Crippen molar-refractivity contribution >= 4 is 11.7 Å². The average molecular weight is 206 g/mol. The minimum absolute atomic E-state index is 0.0383. The van der Waals surface area contributed by atoms with Crippen LogP contribution >= 0.6 is 0 Å². The minimum Gasteiger partial charge on any atom is -0.494 e. The Hall–Kier alpha value is -1.71. The van der Waals surface area contributed by atoms with Gasteiger partial charge in [0.2, 0.25) is 0 Å². The van der Waals surface area contributed by atoms with E-state index in [0.29, 0.717) is 19.7 Å². The second kappa shape index (κ2) is 4.21. The van der Waals surface area contributed by atoms with Crippen LogP contribution in [-0.2, 0) is 0 Å². The van der Waals surface area contributed by atoms with Crippen LogP contribution in [0.25, 0.3) is 0 Å². The van der Waals surface area contributed by atoms with Gasteiger partial charge in [-0.1, -0.05) is 6.07 Å². The molecule has 1 aromatic rings. The summed E-state index contributed by atoms with van der Waals surface area (Å²) < 4.78 is 5.38. The molecule has 4 nitrogen and oxygen atoms in total. The fraction of sp³-hybridized carbons (Fsp3) is 0.364. The molecule has 1 N–H and O–H groups in total. The van der Waals surface area contributed by atoms with E-state index in [1.807, 2.05) is 31.2 Å². The highest BCUT2D eigenvalue weighted by atomic mass is 16.5. The molecule has 1 heterocycles. The zero-order chi connectivity index (χ0) is 10.7. The van der Waals surface area contributed by atoms with E-state index in [1.54, 1.807) is 4.90 Å². The number of hydrogen-bond acceptors (Lipinski definition) is 2. The number of carbonyl (C=O) groups is 1. The van der Waals surface area contributed by atoms with E-state index in [-0.39, 0.29) is 6.03 Å². The van der Waals surface area contributed by atoms with Gasteiger partial charge in [0.1, 0.15) is 5.75 Å². The summed E-state index contributed by atoms with van der Waals surface area (Å²) in [6, 6.07) is 7.54. The average Bonchev–Trinajstić information content (AvgIpc) is 2.65. The number of anilines is 1. The second-order valence-electron chi connectivity index (χ2n) is 3.31. The van der Waals surface area contributed by atoms with E-state index in [9.17, 15) is 4.79 Å². The van der Waals surface area contributed by atoms with Gasteiger partial charge in [-0.05, 0) is 19.1 Å². The molecule has 1 fully saturated rings. The van der Waals surface area contributed by atoms with Gasteiger partial charge in [0.05, 0.1) is 6.61 Å². The smallest absolute Gasteiger partial charge is 0.321 e. The van der Waals surface area contributed by atoms with E-state index < -0.39 is 0 Å². The van der Waals surface area contributed by atoms with Gasteiger partial charge in [0.25, 0.3) is 0 Å². The van der Waals surface area contributed by atoms with E-state index in [1.165, 1.54) is 0 Å². The quantitative estimate of drug-likeness (QED) is 0.816. The molecule has 4 heteroatoms. The molecular formula is C11H14N2O2. The second-order valence-corrected chi connectivity index (χ2v) is 3.31. The van der Waals surface area contributed by atoms with Gasteiger partial charge in [-0.25, -0.2) is 4.79 Å². The van der Waals surface area contributed by atoms with Crippen LogP contribution in [0.4, 0.5) is 10.5 Å². The van der Waals surface area contributed by atoms with Crippen LogP contribution in [0.3, 0.4) is 0 Å². The predicted octanol–water partition coefficient (Wildman–Crippen LogP) is 1.61. The fourth-order valence-corrected chi connectivity index (χ4v) is 1.63. The molecule has 2 amide bonds. The Morgan fingerprint density at radius 2 is 2.40 bits per heavy atom. The van der Waals surface area contributed by atoms with Crippen LogP contribution in [0.15, 0.2) is 24.3 Å². The van der Waals surface area contributed by atoms with Gasteiger partial charge in [0, 0.05) is 24.8 Å². The SMILES string of the molecule is CCOc1cccc(N2CCNC2=O)c1. The lowest BCUT2D eigenvalue weighted by atomic mass is 10.3. The lowest BCUT2D eigenvalue weighted by molar-refractivity contribution is 0.252. The van der Waals surface area contributed by atoms with Crippen molar-refractivity contribution in [2.75, 3.05) is 24.6 Å². The first-order chi connectivity index (χ1) is 7.31. The molecule has 0 radical (unpaired) electrons. The van der Waals surface area contributed by atoms with Crippen molar-refractivity contribution in [3.63, 3.8) is 0 Å². The maximum Gasteiger partial charge on any atom is 0.321 e. The molecule has 0 bridgehead atoms. The van der Waals surface area contributed by atoms with Crippen molar-refractivity contribution in [3.05, 3.63) is 24.3 Å². The molecule has 80 valence electrons. The summed E-state index contributed by atoms with van der Waals surface area (Å²) in [7, 11) is 0. The summed E-state index contributed by atoms with van der Waals surface area (Å²) >= 11 is 0. The van der Waals surface area contributed by atoms with Crippen molar-refractivity contribution in [2.45, 2.75) is 6.92 Å². The van der Waals surface area contributed by atoms with E-state index in [2.05, 4.69) is 5.32 Å². The lowest BCUT2D eigenvalue weighted by Gasteiger charge is -2.15. The third-order valence-electron chi connectivity index (χ3n) is 2.30. The third kappa shape index (κ3) is 2.03. The van der Waals surface area contributed by atoms with Crippen LogP contribution in [-0.4, -0.2) is 25.7 Å². The van der Waals surface area contributed by atoms with Gasteiger partial charge in [-0.15, -0.1) is 0 Å². The molecule has 1 saturated heterocycles. The van der Waals surface area contributed by atoms with E-state index in [4.69, 9.17) is 4.74 Å². The zero-order valence-electron chi connectivity index (χ0n) is 8.69. The molecule has 0 atom stereocenters. The monoisotopic (exact) mass is 206 g/mol. The number of benzene rings is 1. The van der Waals surface area contributed by atoms with Crippen LogP contribution in [0.5, 0.6) is 5.75 Å². The van der Waals surface area contributed by atoms with E-state index in [0.717, 1.165) is 11.4 Å². The number of rotatable bonds is 3. The van der Waals surface area contributed by atoms with Crippen molar-refractivity contribution in [3.8, 4) is 5.75 Å². The standard InChI is InChI=1S/C11H14N2O2/c1-2-15-10-5-3-4-9(8-10)13-7-6-12-11(13)14/h3-5,8H,2,6-7H2,1H3,(H,12,14). The molecule has 0 spiro atoms. The highest BCUT2D eigenvalue weighted by Crippen LogP contribution is 2.22. The Labute approximate surface area is 88.8 Å². The number of amides is 2. The molecule has 15 heavy (non-hydrogen) atoms. The topological polar surface area (TPSA) is 41.6 Å². The number of nitrogens with one attached hydrogen (secondary N) is 1.